The molecule has 6 fully saturated rings. The highest BCUT2D eigenvalue weighted by atomic mass is 32.2. The lowest BCUT2D eigenvalue weighted by molar-refractivity contribution is -0.142. The molecule has 1 aromatic carbocycles. The topological polar surface area (TPSA) is 187 Å². The zero-order valence-corrected chi connectivity index (χ0v) is 35.3. The third-order valence-corrected chi connectivity index (χ3v) is 17.0. The molecular formula is C44H58N6O8S. The summed E-state index contributed by atoms with van der Waals surface area (Å²) >= 11 is 0. The fourth-order valence-corrected chi connectivity index (χ4v) is 12.9. The van der Waals surface area contributed by atoms with Gasteiger partial charge in [0.2, 0.25) is 17.7 Å². The van der Waals surface area contributed by atoms with Crippen molar-refractivity contribution in [1.29, 1.82) is 0 Å². The van der Waals surface area contributed by atoms with Crippen LogP contribution in [-0.4, -0.2) is 90.5 Å². The van der Waals surface area contributed by atoms with Gasteiger partial charge in [0.05, 0.1) is 6.26 Å². The van der Waals surface area contributed by atoms with Crippen LogP contribution >= 0.6 is 0 Å². The Kier molecular flexibility index (Phi) is 10.4. The van der Waals surface area contributed by atoms with Gasteiger partial charge < -0.3 is 25.3 Å². The first-order valence-corrected chi connectivity index (χ1v) is 22.8. The standard InChI is InChI=1S/C44H58N6O8S/c1-6-31-24-44(31,40(55)48-59(56,57)49-20-10-11-21-49)47-37(52)32-25-43(41(4,5)42(43)18-12-19-42)26-50(32)39(54)34(27(2)3)45-38(53)35(28-13-8-7-9-14-28)46-36(51)30-15-16-33-29(23-30)17-22-58-33/h6,15-17,22-23,28,31-32,34-35H,1-2,7-14,18-21,24-26H2,3-5H3,(H,45,53)(H,46,51)(H,47,52)(H,48,55)/t31-,32+,34+,35+,43-,44-/m1/s1. The van der Waals surface area contributed by atoms with Crippen molar-refractivity contribution in [2.75, 3.05) is 19.6 Å². The minimum atomic E-state index is -4.12. The summed E-state index contributed by atoms with van der Waals surface area (Å²) in [6.45, 7) is 14.9. The van der Waals surface area contributed by atoms with Gasteiger partial charge >= 0.3 is 10.2 Å². The maximum atomic E-state index is 15.0. The zero-order chi connectivity index (χ0) is 42.1. The highest BCUT2D eigenvalue weighted by molar-refractivity contribution is 7.87. The summed E-state index contributed by atoms with van der Waals surface area (Å²) in [5, 5.41) is 9.63. The fourth-order valence-electron chi connectivity index (χ4n) is 11.6. The molecule has 318 valence electrons. The molecule has 2 saturated heterocycles. The largest absolute Gasteiger partial charge is 0.464 e. The summed E-state index contributed by atoms with van der Waals surface area (Å²) in [6, 6.07) is 3.71. The zero-order valence-electron chi connectivity index (χ0n) is 34.4. The van der Waals surface area contributed by atoms with E-state index in [1.807, 2.05) is 0 Å². The Morgan fingerprint density at radius 2 is 1.64 bits per heavy atom. The predicted molar refractivity (Wildman–Crippen MR) is 220 cm³/mol. The lowest BCUT2D eigenvalue weighted by Gasteiger charge is -2.34. The highest BCUT2D eigenvalue weighted by Gasteiger charge is 2.85. The first-order chi connectivity index (χ1) is 28.0. The van der Waals surface area contributed by atoms with Crippen LogP contribution in [0.2, 0.25) is 0 Å². The average molecular weight is 831 g/mol. The highest BCUT2D eigenvalue weighted by Crippen LogP contribution is 2.88. The Morgan fingerprint density at radius 1 is 0.932 bits per heavy atom. The number of hydrogen-bond acceptors (Lipinski definition) is 8. The molecule has 0 bridgehead atoms. The predicted octanol–water partition coefficient (Wildman–Crippen LogP) is 4.49. The molecule has 4 N–H and O–H groups in total. The van der Waals surface area contributed by atoms with Crippen molar-refractivity contribution in [1.82, 2.24) is 29.9 Å². The molecule has 59 heavy (non-hydrogen) atoms. The Labute approximate surface area is 346 Å². The first kappa shape index (κ1) is 41.2. The quantitative estimate of drug-likeness (QED) is 0.213. The van der Waals surface area contributed by atoms with Crippen LogP contribution < -0.4 is 20.7 Å². The summed E-state index contributed by atoms with van der Waals surface area (Å²) in [4.78, 5) is 73.2. The minimum Gasteiger partial charge on any atom is -0.464 e. The van der Waals surface area contributed by atoms with Gasteiger partial charge in [-0.05, 0) is 105 Å². The van der Waals surface area contributed by atoms with E-state index in [4.69, 9.17) is 4.42 Å². The Balaban J connectivity index is 1.05. The van der Waals surface area contributed by atoms with E-state index in [1.165, 1.54) is 4.31 Å². The molecule has 8 rings (SSSR count). The molecule has 2 aromatic rings. The summed E-state index contributed by atoms with van der Waals surface area (Å²) in [5.41, 5.74) is -0.751. The van der Waals surface area contributed by atoms with E-state index in [2.05, 4.69) is 47.7 Å². The second-order valence-corrected chi connectivity index (χ2v) is 20.4. The third kappa shape index (κ3) is 6.70. The van der Waals surface area contributed by atoms with Gasteiger partial charge in [0.15, 0.2) is 0 Å². The monoisotopic (exact) mass is 830 g/mol. The maximum absolute atomic E-state index is 15.0. The number of amides is 5. The second-order valence-electron chi connectivity index (χ2n) is 18.7. The van der Waals surface area contributed by atoms with Crippen LogP contribution in [0.5, 0.6) is 0 Å². The van der Waals surface area contributed by atoms with E-state index < -0.39 is 69.3 Å². The van der Waals surface area contributed by atoms with E-state index in [0.717, 1.165) is 56.8 Å². The molecular weight excluding hydrogens is 773 g/mol. The molecule has 3 heterocycles. The van der Waals surface area contributed by atoms with Gasteiger partial charge in [0.1, 0.15) is 29.2 Å². The van der Waals surface area contributed by atoms with Crippen LogP contribution in [0.1, 0.15) is 108 Å². The molecule has 2 aliphatic heterocycles. The number of likely N-dealkylation sites (tertiary alicyclic amines) is 1. The van der Waals surface area contributed by atoms with Crippen LogP contribution in [-0.2, 0) is 29.4 Å². The Hall–Kier alpha value is -4.50. The van der Waals surface area contributed by atoms with E-state index in [0.29, 0.717) is 49.1 Å². The molecule has 15 heteroatoms. The maximum Gasteiger partial charge on any atom is 0.303 e. The number of carbonyl (C=O) groups is 5. The van der Waals surface area contributed by atoms with Gasteiger partial charge in [0.25, 0.3) is 11.8 Å². The Morgan fingerprint density at radius 3 is 2.25 bits per heavy atom. The van der Waals surface area contributed by atoms with Gasteiger partial charge in [-0.3, -0.25) is 24.0 Å². The lowest BCUT2D eigenvalue weighted by atomic mass is 9.73. The summed E-state index contributed by atoms with van der Waals surface area (Å²) < 4.78 is 35.2. The third-order valence-electron chi connectivity index (χ3n) is 15.5. The van der Waals surface area contributed by atoms with Crippen molar-refractivity contribution in [3.63, 3.8) is 0 Å². The SMILES string of the molecule is C=C[C@@H]1C[C@]1(NC(=O)[C@@H]1C[C@@]2(CN1C(=O)[C@@H](NC(=O)[C@@H](NC(=O)c1ccc3occc3c1)C1CCCCC1)C(=C)C)C(C)(C)C21CCC1)C(=O)NS(=O)(=O)N1CCCC1. The second kappa shape index (κ2) is 14.9. The molecule has 4 aliphatic carbocycles. The van der Waals surface area contributed by atoms with E-state index >= 15 is 0 Å². The first-order valence-electron chi connectivity index (χ1n) is 21.3. The van der Waals surface area contributed by atoms with Gasteiger partial charge in [-0.15, -0.1) is 6.58 Å². The van der Waals surface area contributed by atoms with Crippen molar-refractivity contribution in [3.05, 3.63) is 60.9 Å². The number of carbonyl (C=O) groups excluding carboxylic acids is 5. The molecule has 4 saturated carbocycles. The fraction of sp³-hybridized carbons (Fsp3) is 0.614. The number of benzene rings is 1. The van der Waals surface area contributed by atoms with Gasteiger partial charge in [-0.2, -0.15) is 12.7 Å². The van der Waals surface area contributed by atoms with Crippen molar-refractivity contribution in [2.24, 2.45) is 28.1 Å². The molecule has 0 unspecified atom stereocenters. The molecule has 5 amide bonds. The summed E-state index contributed by atoms with van der Waals surface area (Å²) in [7, 11) is -4.12. The molecule has 2 spiro atoms. The smallest absolute Gasteiger partial charge is 0.303 e. The van der Waals surface area contributed by atoms with Crippen LogP contribution in [0, 0.1) is 28.1 Å². The lowest BCUT2D eigenvalue weighted by Crippen LogP contribution is -2.60. The number of hydrogen-bond donors (Lipinski definition) is 4. The van der Waals surface area contributed by atoms with Crippen LogP contribution in [0.4, 0.5) is 0 Å². The van der Waals surface area contributed by atoms with E-state index in [9.17, 15) is 32.4 Å². The van der Waals surface area contributed by atoms with Crippen molar-refractivity contribution < 1.29 is 36.8 Å². The molecule has 6 aliphatic rings. The van der Waals surface area contributed by atoms with Crippen molar-refractivity contribution in [3.8, 4) is 0 Å². The van der Waals surface area contributed by atoms with Gasteiger partial charge in [-0.25, -0.2) is 4.72 Å². The average Bonchev–Trinajstić information content (AvgIpc) is 3.60. The normalized spacial score (nSPS) is 29.3. The van der Waals surface area contributed by atoms with Gasteiger partial charge in [-0.1, -0.05) is 52.2 Å². The van der Waals surface area contributed by atoms with Crippen molar-refractivity contribution in [2.45, 2.75) is 121 Å². The number of furan rings is 1. The van der Waals surface area contributed by atoms with Crippen LogP contribution in [0.3, 0.4) is 0 Å². The number of nitrogens with zero attached hydrogens (tertiary/aromatic N) is 2. The molecule has 14 nitrogen and oxygen atoms in total. The number of rotatable bonds is 13. The minimum absolute atomic E-state index is 0.0482. The summed E-state index contributed by atoms with van der Waals surface area (Å²) in [6.07, 6.45) is 12.3. The van der Waals surface area contributed by atoms with Gasteiger partial charge in [0, 0.05) is 41.9 Å². The van der Waals surface area contributed by atoms with Crippen LogP contribution in [0.15, 0.2) is 59.8 Å². The molecule has 6 atom stereocenters. The molecule has 0 radical (unpaired) electrons. The summed E-state index contributed by atoms with van der Waals surface area (Å²) in [5.74, 6) is -3.46. The van der Waals surface area contributed by atoms with Crippen molar-refractivity contribution >= 4 is 50.7 Å². The van der Waals surface area contributed by atoms with E-state index in [-0.39, 0.29) is 35.1 Å². The van der Waals surface area contributed by atoms with E-state index in [1.54, 1.807) is 48.4 Å². The van der Waals surface area contributed by atoms with Crippen LogP contribution in [0.25, 0.3) is 11.0 Å². The number of fused-ring (bicyclic) bond motifs is 2. The Bertz CT molecular complexity index is 2200. The molecule has 1 aromatic heterocycles. The number of nitrogens with one attached hydrogen (secondary N) is 4.